The minimum Gasteiger partial charge on any atom is -0.311 e. The van der Waals surface area contributed by atoms with Gasteiger partial charge in [0.2, 0.25) is 0 Å². The third-order valence-corrected chi connectivity index (χ3v) is 4.29. The van der Waals surface area contributed by atoms with Crippen LogP contribution < -0.4 is 5.32 Å². The Morgan fingerprint density at radius 3 is 2.44 bits per heavy atom. The summed E-state index contributed by atoms with van der Waals surface area (Å²) in [5, 5.41) is 7.89. The molecule has 0 aliphatic heterocycles. The van der Waals surface area contributed by atoms with Crippen molar-refractivity contribution < 1.29 is 0 Å². The predicted molar refractivity (Wildman–Crippen MR) is 80.7 cm³/mol. The molecule has 4 heteroatoms. The largest absolute Gasteiger partial charge is 0.311 e. The maximum Gasteiger partial charge on any atom is 0.0739 e. The van der Waals surface area contributed by atoms with Crippen LogP contribution in [0, 0.1) is 6.92 Å². The fourth-order valence-electron chi connectivity index (χ4n) is 2.11. The van der Waals surface area contributed by atoms with Gasteiger partial charge in [-0.3, -0.25) is 4.68 Å². The highest BCUT2D eigenvalue weighted by atomic mass is 79.9. The van der Waals surface area contributed by atoms with Crippen LogP contribution in [0.5, 0.6) is 0 Å². The van der Waals surface area contributed by atoms with Gasteiger partial charge in [0.15, 0.2) is 0 Å². The third-order valence-electron chi connectivity index (χ3n) is 3.26. The lowest BCUT2D eigenvalue weighted by atomic mass is 10.1. The van der Waals surface area contributed by atoms with Crippen molar-refractivity contribution in [1.29, 1.82) is 0 Å². The molecule has 0 radical (unpaired) electrons. The number of hydrogen-bond donors (Lipinski definition) is 1. The van der Waals surface area contributed by atoms with Gasteiger partial charge in [-0.2, -0.15) is 5.10 Å². The third kappa shape index (κ3) is 5.11. The highest BCUT2D eigenvalue weighted by molar-refractivity contribution is 9.10. The number of nitrogens with zero attached hydrogens (tertiary/aromatic N) is 2. The highest BCUT2D eigenvalue weighted by Gasteiger charge is 2.09. The molecule has 1 rings (SSSR count). The molecule has 0 saturated carbocycles. The summed E-state index contributed by atoms with van der Waals surface area (Å²) in [7, 11) is 2.00. The Hall–Kier alpha value is -0.350. The van der Waals surface area contributed by atoms with Crippen molar-refractivity contribution in [3.63, 3.8) is 0 Å². The van der Waals surface area contributed by atoms with Gasteiger partial charge in [0, 0.05) is 13.6 Å². The van der Waals surface area contributed by atoms with Gasteiger partial charge in [-0.15, -0.1) is 0 Å². The lowest BCUT2D eigenvalue weighted by molar-refractivity contribution is 0.559. The topological polar surface area (TPSA) is 29.9 Å². The lowest BCUT2D eigenvalue weighted by Crippen LogP contribution is -2.17. The van der Waals surface area contributed by atoms with Crippen LogP contribution in [0.2, 0.25) is 0 Å². The average Bonchev–Trinajstić information content (AvgIpc) is 2.58. The van der Waals surface area contributed by atoms with Crippen LogP contribution in [0.25, 0.3) is 0 Å². The number of rotatable bonds is 9. The molecule has 104 valence electrons. The second kappa shape index (κ2) is 8.70. The molecule has 18 heavy (non-hydrogen) atoms. The maximum atomic E-state index is 4.39. The SMILES string of the molecule is CCCCCCCCNCc1c(Br)c(C)nn1C. The van der Waals surface area contributed by atoms with Crippen molar-refractivity contribution >= 4 is 15.9 Å². The molecule has 0 amide bonds. The van der Waals surface area contributed by atoms with E-state index < -0.39 is 0 Å². The first kappa shape index (κ1) is 15.7. The summed E-state index contributed by atoms with van der Waals surface area (Å²) in [6.07, 6.45) is 8.10. The van der Waals surface area contributed by atoms with E-state index in [0.717, 1.165) is 23.3 Å². The first-order valence-corrected chi connectivity index (χ1v) is 7.84. The van der Waals surface area contributed by atoms with E-state index >= 15 is 0 Å². The number of aromatic nitrogens is 2. The zero-order valence-electron chi connectivity index (χ0n) is 11.9. The molecular weight excluding hydrogens is 290 g/mol. The average molecular weight is 316 g/mol. The summed E-state index contributed by atoms with van der Waals surface area (Å²) in [4.78, 5) is 0. The van der Waals surface area contributed by atoms with Gasteiger partial charge in [-0.1, -0.05) is 39.0 Å². The number of aryl methyl sites for hydroxylation is 2. The summed E-state index contributed by atoms with van der Waals surface area (Å²) in [5.74, 6) is 0. The monoisotopic (exact) mass is 315 g/mol. The molecule has 0 saturated heterocycles. The molecule has 1 N–H and O–H groups in total. The van der Waals surface area contributed by atoms with E-state index in [9.17, 15) is 0 Å². The van der Waals surface area contributed by atoms with Crippen molar-refractivity contribution in [1.82, 2.24) is 15.1 Å². The smallest absolute Gasteiger partial charge is 0.0739 e. The fraction of sp³-hybridized carbons (Fsp3) is 0.786. The minimum atomic E-state index is 0.896. The molecule has 0 atom stereocenters. The molecule has 0 bridgehead atoms. The molecule has 1 heterocycles. The highest BCUT2D eigenvalue weighted by Crippen LogP contribution is 2.19. The molecule has 0 fully saturated rings. The summed E-state index contributed by atoms with van der Waals surface area (Å²) >= 11 is 3.59. The van der Waals surface area contributed by atoms with E-state index in [0.29, 0.717) is 0 Å². The predicted octanol–water partition coefficient (Wildman–Crippen LogP) is 3.94. The molecule has 0 aliphatic carbocycles. The van der Waals surface area contributed by atoms with E-state index in [1.54, 1.807) is 0 Å². The Kier molecular flexibility index (Phi) is 7.59. The Morgan fingerprint density at radius 1 is 1.17 bits per heavy atom. The zero-order valence-corrected chi connectivity index (χ0v) is 13.5. The van der Waals surface area contributed by atoms with E-state index in [1.807, 2.05) is 18.7 Å². The molecule has 0 unspecified atom stereocenters. The molecule has 0 aromatic carbocycles. The minimum absolute atomic E-state index is 0.896. The Morgan fingerprint density at radius 2 is 1.83 bits per heavy atom. The van der Waals surface area contributed by atoms with Gasteiger partial charge in [0.05, 0.1) is 15.9 Å². The molecular formula is C14H26BrN3. The van der Waals surface area contributed by atoms with Crippen LogP contribution in [0.15, 0.2) is 4.47 Å². The van der Waals surface area contributed by atoms with Crippen molar-refractivity contribution in [2.24, 2.45) is 7.05 Å². The van der Waals surface area contributed by atoms with E-state index in [2.05, 4.69) is 33.3 Å². The summed E-state index contributed by atoms with van der Waals surface area (Å²) in [6, 6.07) is 0. The van der Waals surface area contributed by atoms with Crippen LogP contribution >= 0.6 is 15.9 Å². The molecule has 0 aliphatic rings. The van der Waals surface area contributed by atoms with Crippen LogP contribution in [0.4, 0.5) is 0 Å². The van der Waals surface area contributed by atoms with Gasteiger partial charge in [-0.25, -0.2) is 0 Å². The zero-order chi connectivity index (χ0) is 13.4. The van der Waals surface area contributed by atoms with E-state index in [-0.39, 0.29) is 0 Å². The van der Waals surface area contributed by atoms with E-state index in [1.165, 1.54) is 44.2 Å². The molecule has 0 spiro atoms. The van der Waals surface area contributed by atoms with Crippen molar-refractivity contribution in [2.75, 3.05) is 6.54 Å². The summed E-state index contributed by atoms with van der Waals surface area (Å²) in [5.41, 5.74) is 2.30. The summed E-state index contributed by atoms with van der Waals surface area (Å²) in [6.45, 7) is 6.28. The molecule has 1 aromatic heterocycles. The second-order valence-electron chi connectivity index (χ2n) is 4.91. The first-order chi connectivity index (χ1) is 8.66. The number of hydrogen-bond acceptors (Lipinski definition) is 2. The number of nitrogens with one attached hydrogen (secondary N) is 1. The van der Waals surface area contributed by atoms with E-state index in [4.69, 9.17) is 0 Å². The lowest BCUT2D eigenvalue weighted by Gasteiger charge is -2.06. The van der Waals surface area contributed by atoms with Crippen molar-refractivity contribution in [3.8, 4) is 0 Å². The standard InChI is InChI=1S/C14H26BrN3/c1-4-5-6-7-8-9-10-16-11-13-14(15)12(2)17-18(13)3/h16H,4-11H2,1-3H3. The van der Waals surface area contributed by atoms with Gasteiger partial charge >= 0.3 is 0 Å². The van der Waals surface area contributed by atoms with Crippen LogP contribution in [0.1, 0.15) is 56.8 Å². The fourth-order valence-corrected chi connectivity index (χ4v) is 2.59. The Balaban J connectivity index is 2.11. The van der Waals surface area contributed by atoms with Gasteiger partial charge in [0.1, 0.15) is 0 Å². The number of unbranched alkanes of at least 4 members (excludes halogenated alkanes) is 5. The summed E-state index contributed by atoms with van der Waals surface area (Å²) < 4.78 is 3.09. The Labute approximate surface area is 119 Å². The normalized spacial score (nSPS) is 11.1. The van der Waals surface area contributed by atoms with Crippen molar-refractivity contribution in [2.45, 2.75) is 58.9 Å². The van der Waals surface area contributed by atoms with Crippen molar-refractivity contribution in [3.05, 3.63) is 15.9 Å². The number of halogens is 1. The van der Waals surface area contributed by atoms with Crippen LogP contribution in [-0.4, -0.2) is 16.3 Å². The van der Waals surface area contributed by atoms with Gasteiger partial charge < -0.3 is 5.32 Å². The quantitative estimate of drug-likeness (QED) is 0.699. The Bertz CT molecular complexity index is 347. The first-order valence-electron chi connectivity index (χ1n) is 7.05. The van der Waals surface area contributed by atoms with Crippen LogP contribution in [-0.2, 0) is 13.6 Å². The maximum absolute atomic E-state index is 4.39. The molecule has 3 nitrogen and oxygen atoms in total. The van der Waals surface area contributed by atoms with Crippen LogP contribution in [0.3, 0.4) is 0 Å². The second-order valence-corrected chi connectivity index (χ2v) is 5.71. The van der Waals surface area contributed by atoms with Gasteiger partial charge in [-0.05, 0) is 35.8 Å². The van der Waals surface area contributed by atoms with Gasteiger partial charge in [0.25, 0.3) is 0 Å². The molecule has 1 aromatic rings.